The van der Waals surface area contributed by atoms with Crippen LogP contribution >= 0.6 is 11.3 Å². The van der Waals surface area contributed by atoms with Gasteiger partial charge in [-0.1, -0.05) is 212 Å². The smallest absolute Gasteiger partial charge is 0.0434 e. The molecule has 1 heterocycles. The van der Waals surface area contributed by atoms with Crippen LogP contribution in [0.1, 0.15) is 0 Å². The monoisotopic (exact) mass is 838 g/mol. The maximum atomic E-state index is 2.51. The third kappa shape index (κ3) is 5.31. The normalized spacial score (nSPS) is 12.0. The van der Waals surface area contributed by atoms with Gasteiger partial charge in [-0.05, 0) is 134 Å². The van der Waals surface area contributed by atoms with Gasteiger partial charge in [0.25, 0.3) is 0 Å². The number of fused-ring (bicyclic) bond motifs is 9. The Kier molecular flexibility index (Phi) is 7.95. The molecule has 65 heavy (non-hydrogen) atoms. The van der Waals surface area contributed by atoms with Gasteiger partial charge in [-0.2, -0.15) is 0 Å². The van der Waals surface area contributed by atoms with E-state index < -0.39 is 0 Å². The second kappa shape index (κ2) is 14.2. The average molecular weight is 839 g/mol. The number of hydrogen-bond donors (Lipinski definition) is 0. The van der Waals surface area contributed by atoms with Crippen molar-refractivity contribution in [1.29, 1.82) is 0 Å². The highest BCUT2D eigenvalue weighted by Crippen LogP contribution is 2.59. The first-order chi connectivity index (χ1) is 32.3. The van der Waals surface area contributed by atoms with E-state index in [1.807, 2.05) is 11.3 Å². The van der Waals surface area contributed by atoms with Gasteiger partial charge in [0.1, 0.15) is 0 Å². The molecule has 0 atom stereocenters. The van der Waals surface area contributed by atoms with E-state index in [-0.39, 0.29) is 0 Å². The van der Waals surface area contributed by atoms with Crippen molar-refractivity contribution in [2.75, 3.05) is 0 Å². The summed E-state index contributed by atoms with van der Waals surface area (Å²) in [4.78, 5) is 0. The van der Waals surface area contributed by atoms with Crippen LogP contribution in [0.15, 0.2) is 231 Å². The third-order valence-corrected chi connectivity index (χ3v) is 15.2. The van der Waals surface area contributed by atoms with Crippen molar-refractivity contribution in [3.8, 4) is 77.9 Å². The Balaban J connectivity index is 1.10. The molecule has 12 aromatic carbocycles. The lowest BCUT2D eigenvalue weighted by Crippen LogP contribution is -1.93. The zero-order chi connectivity index (χ0) is 42.6. The molecule has 0 nitrogen and oxygen atoms in total. The molecule has 1 aromatic heterocycles. The molecule has 1 heteroatoms. The van der Waals surface area contributed by atoms with Crippen LogP contribution in [0.4, 0.5) is 0 Å². The lowest BCUT2D eigenvalue weighted by atomic mass is 9.82. The van der Waals surface area contributed by atoms with E-state index in [1.165, 1.54) is 141 Å². The van der Waals surface area contributed by atoms with Crippen LogP contribution in [0.2, 0.25) is 0 Å². The highest BCUT2D eigenvalue weighted by molar-refractivity contribution is 7.26. The Morgan fingerprint density at radius 2 is 0.615 bits per heavy atom. The van der Waals surface area contributed by atoms with Gasteiger partial charge in [-0.15, -0.1) is 11.3 Å². The molecule has 0 aliphatic heterocycles. The quantitative estimate of drug-likeness (QED) is 0.152. The van der Waals surface area contributed by atoms with Crippen molar-refractivity contribution in [3.63, 3.8) is 0 Å². The summed E-state index contributed by atoms with van der Waals surface area (Å²) in [5, 5.41) is 12.8. The molecule has 0 fully saturated rings. The first kappa shape index (κ1) is 36.4. The van der Waals surface area contributed by atoms with Crippen LogP contribution in [0.3, 0.4) is 0 Å². The van der Waals surface area contributed by atoms with Gasteiger partial charge >= 0.3 is 0 Å². The van der Waals surface area contributed by atoms with Crippen molar-refractivity contribution in [1.82, 2.24) is 0 Å². The summed E-state index contributed by atoms with van der Waals surface area (Å²) in [5.74, 6) is 0. The van der Waals surface area contributed by atoms with Crippen LogP contribution in [0, 0.1) is 0 Å². The first-order valence-electron chi connectivity index (χ1n) is 22.5. The standard InChI is InChI=1S/C64H38S/c1-4-19-39(20-5-1)57-46-26-10-12-28-48(46)58(49-29-13-11-27-47(49)57)42-37-54(64-55(38-42)44-25-16-17-34-56(44)65-64)43-35-36-53-61-45(43)32-18-33-52(61)62-59(40-21-6-2-7-22-40)50-30-14-15-31-51(50)60(63(53)62)41-23-8-3-9-24-41/h1-38H. The van der Waals surface area contributed by atoms with Crippen molar-refractivity contribution < 1.29 is 0 Å². The van der Waals surface area contributed by atoms with Gasteiger partial charge in [0, 0.05) is 25.7 Å². The van der Waals surface area contributed by atoms with E-state index >= 15 is 0 Å². The molecule has 0 bridgehead atoms. The lowest BCUT2D eigenvalue weighted by molar-refractivity contribution is 1.62. The van der Waals surface area contributed by atoms with E-state index in [0.717, 1.165) is 0 Å². The van der Waals surface area contributed by atoms with E-state index in [0.29, 0.717) is 0 Å². The van der Waals surface area contributed by atoms with Crippen LogP contribution in [-0.4, -0.2) is 0 Å². The van der Waals surface area contributed by atoms with Crippen LogP contribution in [0.5, 0.6) is 0 Å². The van der Waals surface area contributed by atoms with Gasteiger partial charge in [-0.3, -0.25) is 0 Å². The largest absolute Gasteiger partial charge is 0.135 e. The maximum absolute atomic E-state index is 2.51. The molecule has 0 amide bonds. The van der Waals surface area contributed by atoms with Gasteiger partial charge in [0.15, 0.2) is 0 Å². The van der Waals surface area contributed by atoms with Crippen LogP contribution in [-0.2, 0) is 0 Å². The Hall–Kier alpha value is -8.10. The summed E-state index contributed by atoms with van der Waals surface area (Å²) >= 11 is 1.91. The molecule has 0 unspecified atom stereocenters. The third-order valence-electron chi connectivity index (χ3n) is 14.0. The van der Waals surface area contributed by atoms with Gasteiger partial charge < -0.3 is 0 Å². The molecular weight excluding hydrogens is 801 g/mol. The molecule has 300 valence electrons. The summed E-state index contributed by atoms with van der Waals surface area (Å²) in [6, 6.07) is 85.9. The summed E-state index contributed by atoms with van der Waals surface area (Å²) < 4.78 is 2.63. The van der Waals surface area contributed by atoms with E-state index in [4.69, 9.17) is 0 Å². The van der Waals surface area contributed by atoms with Crippen LogP contribution < -0.4 is 0 Å². The van der Waals surface area contributed by atoms with E-state index in [9.17, 15) is 0 Å². The summed E-state index contributed by atoms with van der Waals surface area (Å²) in [5.41, 5.74) is 17.9. The predicted octanol–water partition coefficient (Wildman–Crippen LogP) is 18.6. The molecule has 14 rings (SSSR count). The number of rotatable bonds is 5. The Morgan fingerprint density at radius 3 is 1.15 bits per heavy atom. The van der Waals surface area contributed by atoms with Gasteiger partial charge in [0.05, 0.1) is 0 Å². The molecular formula is C64H38S. The first-order valence-corrected chi connectivity index (χ1v) is 23.3. The Labute approximate surface area is 380 Å². The predicted molar refractivity (Wildman–Crippen MR) is 281 cm³/mol. The van der Waals surface area contributed by atoms with E-state index in [2.05, 4.69) is 231 Å². The minimum Gasteiger partial charge on any atom is -0.135 e. The molecule has 0 saturated carbocycles. The van der Waals surface area contributed by atoms with Crippen molar-refractivity contribution in [3.05, 3.63) is 231 Å². The minimum absolute atomic E-state index is 1.23. The molecule has 0 radical (unpaired) electrons. The Bertz CT molecular complexity index is 3930. The summed E-state index contributed by atoms with van der Waals surface area (Å²) in [6.07, 6.45) is 0. The summed E-state index contributed by atoms with van der Waals surface area (Å²) in [6.45, 7) is 0. The fourth-order valence-electron chi connectivity index (χ4n) is 11.4. The SMILES string of the molecule is c1ccc(-c2c3c(c(-c4ccccc4)c4ccccc24)-c2ccc(-c4cc(-c5c6ccccc6c(-c6ccccc6)c6ccccc56)cc5c4sc4ccccc45)c4cccc-3c24)cc1. The minimum atomic E-state index is 1.23. The molecule has 0 N–H and O–H groups in total. The fourth-order valence-corrected chi connectivity index (χ4v) is 12.6. The molecule has 0 spiro atoms. The second-order valence-corrected chi connectivity index (χ2v) is 18.4. The summed E-state index contributed by atoms with van der Waals surface area (Å²) in [7, 11) is 0. The van der Waals surface area contributed by atoms with Gasteiger partial charge in [0.2, 0.25) is 0 Å². The van der Waals surface area contributed by atoms with Crippen molar-refractivity contribution >= 4 is 74.6 Å². The average Bonchev–Trinajstić information content (AvgIpc) is 3.92. The fraction of sp³-hybridized carbons (Fsp3) is 0. The highest BCUT2D eigenvalue weighted by atomic mass is 32.1. The molecule has 1 aliphatic rings. The number of thiophene rings is 1. The molecule has 1 aliphatic carbocycles. The Morgan fingerprint density at radius 1 is 0.215 bits per heavy atom. The molecule has 13 aromatic rings. The maximum Gasteiger partial charge on any atom is 0.0434 e. The highest BCUT2D eigenvalue weighted by Gasteiger charge is 2.32. The molecule has 0 saturated heterocycles. The van der Waals surface area contributed by atoms with Crippen LogP contribution in [0.25, 0.3) is 141 Å². The number of hydrogen-bond acceptors (Lipinski definition) is 1. The zero-order valence-electron chi connectivity index (χ0n) is 35.3. The van der Waals surface area contributed by atoms with E-state index in [1.54, 1.807) is 0 Å². The lowest BCUT2D eigenvalue weighted by Gasteiger charge is -2.20. The van der Waals surface area contributed by atoms with Crippen molar-refractivity contribution in [2.24, 2.45) is 0 Å². The topological polar surface area (TPSA) is 0 Å². The number of benzene rings is 12. The van der Waals surface area contributed by atoms with Crippen molar-refractivity contribution in [2.45, 2.75) is 0 Å². The van der Waals surface area contributed by atoms with Gasteiger partial charge in [-0.25, -0.2) is 0 Å². The zero-order valence-corrected chi connectivity index (χ0v) is 36.2. The second-order valence-electron chi connectivity index (χ2n) is 17.4.